The van der Waals surface area contributed by atoms with Gasteiger partial charge in [-0.2, -0.15) is 0 Å². The van der Waals surface area contributed by atoms with Crippen molar-refractivity contribution in [1.29, 1.82) is 0 Å². The van der Waals surface area contributed by atoms with Crippen molar-refractivity contribution in [3.8, 4) is 0 Å². The molecule has 0 spiro atoms. The Hall–Kier alpha value is 0.170. The normalized spacial score (nSPS) is 35.6. The Morgan fingerprint density at radius 3 is 2.79 bits per heavy atom. The van der Waals surface area contributed by atoms with Crippen LogP contribution in [0.25, 0.3) is 0 Å². The summed E-state index contributed by atoms with van der Waals surface area (Å²) in [4.78, 5) is 0. The van der Waals surface area contributed by atoms with E-state index in [0.29, 0.717) is 8.84 Å². The SMILES string of the molecule is C/C=C/C(O)C(C)(C)CCC[C@]1(C)CCCC2C[C@@](C)(I)CC=C21. The highest BCUT2D eigenvalue weighted by Crippen LogP contribution is 2.53. The van der Waals surface area contributed by atoms with Gasteiger partial charge in [0.2, 0.25) is 0 Å². The summed E-state index contributed by atoms with van der Waals surface area (Å²) in [6.45, 7) is 11.3. The van der Waals surface area contributed by atoms with E-state index in [4.69, 9.17) is 0 Å². The molecule has 2 rings (SSSR count). The van der Waals surface area contributed by atoms with Crippen LogP contribution in [0.2, 0.25) is 0 Å². The quantitative estimate of drug-likeness (QED) is 0.270. The predicted octanol–water partition coefficient (Wildman–Crippen LogP) is 6.84. The number of fused-ring (bicyclic) bond motifs is 1. The molecule has 1 nitrogen and oxygen atoms in total. The van der Waals surface area contributed by atoms with Gasteiger partial charge in [0.15, 0.2) is 0 Å². The van der Waals surface area contributed by atoms with Crippen molar-refractivity contribution in [2.24, 2.45) is 16.7 Å². The van der Waals surface area contributed by atoms with E-state index in [-0.39, 0.29) is 11.5 Å². The molecule has 1 N–H and O–H groups in total. The van der Waals surface area contributed by atoms with E-state index in [0.717, 1.165) is 12.3 Å². The summed E-state index contributed by atoms with van der Waals surface area (Å²) in [5.41, 5.74) is 2.14. The van der Waals surface area contributed by atoms with Gasteiger partial charge in [0.25, 0.3) is 0 Å². The van der Waals surface area contributed by atoms with Gasteiger partial charge in [-0.1, -0.05) is 86.9 Å². The molecule has 0 heterocycles. The van der Waals surface area contributed by atoms with Crippen molar-refractivity contribution in [3.63, 3.8) is 0 Å². The van der Waals surface area contributed by atoms with E-state index >= 15 is 0 Å². The lowest BCUT2D eigenvalue weighted by molar-refractivity contribution is 0.0769. The van der Waals surface area contributed by atoms with Crippen LogP contribution < -0.4 is 0 Å². The molecule has 0 radical (unpaired) electrons. The number of aliphatic hydroxyl groups is 1. The molecule has 1 saturated carbocycles. The molecule has 0 bridgehead atoms. The van der Waals surface area contributed by atoms with Crippen LogP contribution in [0.15, 0.2) is 23.8 Å². The predicted molar refractivity (Wildman–Crippen MR) is 114 cm³/mol. The number of halogens is 1. The zero-order valence-electron chi connectivity index (χ0n) is 16.4. The molecule has 0 aromatic heterocycles. The van der Waals surface area contributed by atoms with Crippen LogP contribution in [-0.4, -0.2) is 14.6 Å². The monoisotopic (exact) mass is 444 g/mol. The van der Waals surface area contributed by atoms with Crippen molar-refractivity contribution in [3.05, 3.63) is 23.8 Å². The lowest BCUT2D eigenvalue weighted by atomic mass is 9.60. The third-order valence-electron chi connectivity index (χ3n) is 6.56. The van der Waals surface area contributed by atoms with Crippen LogP contribution in [0.5, 0.6) is 0 Å². The number of hydrogen-bond acceptors (Lipinski definition) is 1. The van der Waals surface area contributed by atoms with E-state index in [1.165, 1.54) is 44.9 Å². The molecule has 4 atom stereocenters. The highest BCUT2D eigenvalue weighted by molar-refractivity contribution is 14.1. The molecule has 0 aromatic rings. The van der Waals surface area contributed by atoms with Crippen LogP contribution in [0, 0.1) is 16.7 Å². The average molecular weight is 444 g/mol. The summed E-state index contributed by atoms with van der Waals surface area (Å²) in [6, 6.07) is 0. The van der Waals surface area contributed by atoms with Gasteiger partial charge in [0.1, 0.15) is 0 Å². The first-order valence-corrected chi connectivity index (χ1v) is 10.9. The maximum absolute atomic E-state index is 10.3. The van der Waals surface area contributed by atoms with Gasteiger partial charge in [0.05, 0.1) is 6.10 Å². The number of alkyl halides is 1. The first-order chi connectivity index (χ1) is 11.1. The zero-order valence-corrected chi connectivity index (χ0v) is 18.5. The zero-order chi connectivity index (χ0) is 18.0. The lowest BCUT2D eigenvalue weighted by Gasteiger charge is -2.47. The maximum Gasteiger partial charge on any atom is 0.0771 e. The largest absolute Gasteiger partial charge is 0.388 e. The van der Waals surface area contributed by atoms with Gasteiger partial charge in [-0.05, 0) is 62.2 Å². The molecule has 0 aliphatic heterocycles. The molecule has 2 unspecified atom stereocenters. The molecule has 138 valence electrons. The Kier molecular flexibility index (Phi) is 6.67. The smallest absolute Gasteiger partial charge is 0.0771 e. The summed E-state index contributed by atoms with van der Waals surface area (Å²) in [6.07, 6.45) is 16.5. The summed E-state index contributed by atoms with van der Waals surface area (Å²) < 4.78 is 0.461. The van der Waals surface area contributed by atoms with Crippen LogP contribution >= 0.6 is 22.6 Å². The Morgan fingerprint density at radius 2 is 2.12 bits per heavy atom. The van der Waals surface area contributed by atoms with Gasteiger partial charge in [-0.3, -0.25) is 0 Å². The van der Waals surface area contributed by atoms with Crippen molar-refractivity contribution >= 4 is 22.6 Å². The van der Waals surface area contributed by atoms with Gasteiger partial charge in [-0.15, -0.1) is 0 Å². The number of allylic oxidation sites excluding steroid dienone is 3. The highest BCUT2D eigenvalue weighted by Gasteiger charge is 2.41. The molecule has 0 saturated heterocycles. The van der Waals surface area contributed by atoms with Gasteiger partial charge < -0.3 is 5.11 Å². The van der Waals surface area contributed by atoms with Gasteiger partial charge in [-0.25, -0.2) is 0 Å². The van der Waals surface area contributed by atoms with E-state index in [2.05, 4.69) is 56.4 Å². The minimum absolute atomic E-state index is 0.0291. The van der Waals surface area contributed by atoms with Crippen LogP contribution in [-0.2, 0) is 0 Å². The van der Waals surface area contributed by atoms with Crippen LogP contribution in [0.3, 0.4) is 0 Å². The second-order valence-corrected chi connectivity index (χ2v) is 12.0. The standard InChI is InChI=1S/C22H37IO/c1-6-9-19(24)20(2,3)12-8-14-21(4)13-7-10-17-16-22(5,23)15-11-18(17)21/h6,9,11,17,19,24H,7-8,10,12-16H2,1-5H3/b9-6+/t17?,19?,21-,22-/m0/s1. The number of aliphatic hydroxyl groups excluding tert-OH is 1. The third kappa shape index (κ3) is 4.87. The fourth-order valence-electron chi connectivity index (χ4n) is 4.87. The first-order valence-electron chi connectivity index (χ1n) is 9.80. The fraction of sp³-hybridized carbons (Fsp3) is 0.818. The van der Waals surface area contributed by atoms with E-state index in [9.17, 15) is 5.11 Å². The molecule has 24 heavy (non-hydrogen) atoms. The molecule has 2 heteroatoms. The van der Waals surface area contributed by atoms with E-state index in [1.54, 1.807) is 5.57 Å². The number of hydrogen-bond donors (Lipinski definition) is 1. The molecule has 2 aliphatic rings. The second-order valence-electron chi connectivity index (χ2n) is 9.44. The molecule has 0 aromatic carbocycles. The summed E-state index contributed by atoms with van der Waals surface area (Å²) >= 11 is 2.67. The summed E-state index contributed by atoms with van der Waals surface area (Å²) in [5, 5.41) is 10.3. The van der Waals surface area contributed by atoms with Crippen molar-refractivity contribution < 1.29 is 5.11 Å². The molecular formula is C22H37IO. The van der Waals surface area contributed by atoms with Gasteiger partial charge in [0, 0.05) is 3.42 Å². The maximum atomic E-state index is 10.3. The third-order valence-corrected chi connectivity index (χ3v) is 7.44. The topological polar surface area (TPSA) is 20.2 Å². The van der Waals surface area contributed by atoms with Crippen LogP contribution in [0.4, 0.5) is 0 Å². The Bertz CT molecular complexity index is 488. The Labute approximate surface area is 163 Å². The first kappa shape index (κ1) is 20.5. The molecular weight excluding hydrogens is 407 g/mol. The molecule has 2 aliphatic carbocycles. The summed E-state index contributed by atoms with van der Waals surface area (Å²) in [5.74, 6) is 0.820. The van der Waals surface area contributed by atoms with Gasteiger partial charge >= 0.3 is 0 Å². The minimum atomic E-state index is -0.331. The van der Waals surface area contributed by atoms with E-state index < -0.39 is 0 Å². The summed E-state index contributed by atoms with van der Waals surface area (Å²) in [7, 11) is 0. The molecule has 0 amide bonds. The number of rotatable bonds is 6. The Morgan fingerprint density at radius 1 is 1.42 bits per heavy atom. The van der Waals surface area contributed by atoms with Crippen molar-refractivity contribution in [2.75, 3.05) is 0 Å². The highest BCUT2D eigenvalue weighted by atomic mass is 127. The fourth-order valence-corrected chi connectivity index (χ4v) is 5.62. The molecule has 1 fully saturated rings. The second kappa shape index (κ2) is 7.82. The lowest BCUT2D eigenvalue weighted by Crippen LogP contribution is -2.36. The van der Waals surface area contributed by atoms with Crippen molar-refractivity contribution in [2.45, 2.75) is 95.5 Å². The Balaban J connectivity index is 1.99. The average Bonchev–Trinajstić information content (AvgIpc) is 2.46. The van der Waals surface area contributed by atoms with Crippen molar-refractivity contribution in [1.82, 2.24) is 0 Å². The minimum Gasteiger partial charge on any atom is -0.388 e. The van der Waals surface area contributed by atoms with Crippen LogP contribution in [0.1, 0.15) is 86.0 Å². The van der Waals surface area contributed by atoms with E-state index in [1.807, 2.05) is 19.1 Å².